The van der Waals surface area contributed by atoms with Crippen LogP contribution in [0.5, 0.6) is 5.75 Å². The zero-order valence-electron chi connectivity index (χ0n) is 19.3. The summed E-state index contributed by atoms with van der Waals surface area (Å²) in [5.41, 5.74) is 4.55. The second-order valence-electron chi connectivity index (χ2n) is 8.52. The number of carbonyl (C=O) groups is 1. The zero-order chi connectivity index (χ0) is 25.2. The number of likely N-dealkylation sites (N-methyl/N-ethyl adjacent to an activating group) is 1. The van der Waals surface area contributed by atoms with E-state index in [9.17, 15) is 18.0 Å². The van der Waals surface area contributed by atoms with Crippen molar-refractivity contribution >= 4 is 23.2 Å². The summed E-state index contributed by atoms with van der Waals surface area (Å²) >= 11 is 6.41. The summed E-state index contributed by atoms with van der Waals surface area (Å²) in [7, 11) is 3.77. The summed E-state index contributed by atoms with van der Waals surface area (Å²) in [5, 5.41) is 0.217. The first-order chi connectivity index (χ1) is 16.6. The van der Waals surface area contributed by atoms with E-state index >= 15 is 0 Å². The molecule has 0 radical (unpaired) electrons. The third-order valence-electron chi connectivity index (χ3n) is 5.80. The predicted octanol–water partition coefficient (Wildman–Crippen LogP) is 5.26. The molecule has 2 heterocycles. The Bertz CT molecular complexity index is 1110. The number of nitrogens with one attached hydrogen (secondary N) is 1. The number of piperidine rings is 1. The van der Waals surface area contributed by atoms with E-state index in [1.807, 2.05) is 30.1 Å². The molecule has 1 amide bonds. The number of benzene rings is 2. The number of nitrogens with zero attached hydrogens (tertiary/aromatic N) is 3. The highest BCUT2D eigenvalue weighted by molar-refractivity contribution is 6.33. The quantitative estimate of drug-likeness (QED) is 0.535. The molecule has 2 aliphatic rings. The number of hydrogen-bond acceptors (Lipinski definition) is 6. The van der Waals surface area contributed by atoms with Crippen molar-refractivity contribution in [1.29, 1.82) is 0 Å². The summed E-state index contributed by atoms with van der Waals surface area (Å²) in [6.07, 6.45) is -1.01. The van der Waals surface area contributed by atoms with Gasteiger partial charge in [-0.05, 0) is 37.5 Å². The van der Waals surface area contributed by atoms with E-state index in [-0.39, 0.29) is 22.2 Å². The van der Waals surface area contributed by atoms with Gasteiger partial charge in [-0.15, -0.1) is 13.2 Å². The lowest BCUT2D eigenvalue weighted by molar-refractivity contribution is -0.274. The van der Waals surface area contributed by atoms with Crippen LogP contribution >= 0.6 is 11.6 Å². The van der Waals surface area contributed by atoms with E-state index in [1.165, 1.54) is 18.2 Å². The number of para-hydroxylation sites is 1. The Kier molecular flexibility index (Phi) is 7.32. The van der Waals surface area contributed by atoms with Crippen molar-refractivity contribution in [3.63, 3.8) is 0 Å². The number of halogens is 4. The van der Waals surface area contributed by atoms with Crippen molar-refractivity contribution in [3.8, 4) is 16.9 Å². The lowest BCUT2D eigenvalue weighted by Gasteiger charge is -2.36. The van der Waals surface area contributed by atoms with Crippen molar-refractivity contribution < 1.29 is 27.5 Å². The van der Waals surface area contributed by atoms with Gasteiger partial charge in [-0.25, -0.2) is 0 Å². The van der Waals surface area contributed by atoms with Gasteiger partial charge in [-0.3, -0.25) is 15.1 Å². The summed E-state index contributed by atoms with van der Waals surface area (Å²) in [6, 6.07) is 10.6. The summed E-state index contributed by atoms with van der Waals surface area (Å²) < 4.78 is 42.5. The second-order valence-corrected chi connectivity index (χ2v) is 8.93. The fourth-order valence-electron chi connectivity index (χ4n) is 4.22. The van der Waals surface area contributed by atoms with E-state index < -0.39 is 12.6 Å². The lowest BCUT2D eigenvalue weighted by Crippen LogP contribution is -2.47. The number of ether oxygens (including phenoxy) is 1. The van der Waals surface area contributed by atoms with Gasteiger partial charge in [0.15, 0.2) is 6.23 Å². The van der Waals surface area contributed by atoms with Gasteiger partial charge in [0.25, 0.3) is 5.91 Å². The molecule has 1 atom stereocenters. The van der Waals surface area contributed by atoms with Crippen molar-refractivity contribution in [3.05, 3.63) is 59.4 Å². The fourth-order valence-corrected chi connectivity index (χ4v) is 4.50. The van der Waals surface area contributed by atoms with E-state index in [0.29, 0.717) is 36.6 Å². The molecule has 2 aliphatic heterocycles. The highest BCUT2D eigenvalue weighted by Gasteiger charge is 2.34. The molecule has 1 saturated heterocycles. The van der Waals surface area contributed by atoms with E-state index in [4.69, 9.17) is 16.4 Å². The highest BCUT2D eigenvalue weighted by atomic mass is 35.5. The Balaban J connectivity index is 1.47. The molecule has 7 nitrogen and oxygen atoms in total. The fraction of sp³-hybridized carbons (Fsp3) is 0.375. The number of anilines is 1. The molecule has 11 heteroatoms. The zero-order valence-corrected chi connectivity index (χ0v) is 20.1. The summed E-state index contributed by atoms with van der Waals surface area (Å²) in [6.45, 7) is 1.22. The average molecular weight is 511 g/mol. The number of hydrogen-bond donors (Lipinski definition) is 1. The van der Waals surface area contributed by atoms with Gasteiger partial charge >= 0.3 is 6.36 Å². The van der Waals surface area contributed by atoms with Crippen LogP contribution in [0.1, 0.15) is 19.3 Å². The van der Waals surface area contributed by atoms with Crippen LogP contribution in [0.2, 0.25) is 5.02 Å². The number of carbonyl (C=O) groups excluding carboxylic acids is 1. The molecule has 0 saturated carbocycles. The van der Waals surface area contributed by atoms with Gasteiger partial charge in [0, 0.05) is 38.0 Å². The first kappa shape index (κ1) is 25.0. The molecule has 2 aromatic rings. The Morgan fingerprint density at radius 1 is 1.11 bits per heavy atom. The summed E-state index contributed by atoms with van der Waals surface area (Å²) in [4.78, 5) is 24.5. The molecule has 1 N–H and O–H groups in total. The van der Waals surface area contributed by atoms with Crippen LogP contribution in [0.15, 0.2) is 54.4 Å². The van der Waals surface area contributed by atoms with Crippen molar-refractivity contribution in [2.24, 2.45) is 0 Å². The van der Waals surface area contributed by atoms with Crippen LogP contribution in [0, 0.1) is 0 Å². The molecule has 188 valence electrons. The van der Waals surface area contributed by atoms with Crippen molar-refractivity contribution in [1.82, 2.24) is 14.7 Å². The molecular weight excluding hydrogens is 485 g/mol. The number of likely N-dealkylation sites (tertiary alicyclic amines) is 1. The Morgan fingerprint density at radius 2 is 1.89 bits per heavy atom. The maximum atomic E-state index is 13.1. The molecule has 4 rings (SSSR count). The van der Waals surface area contributed by atoms with Crippen LogP contribution in [0.4, 0.5) is 18.9 Å². The molecule has 1 unspecified atom stereocenters. The van der Waals surface area contributed by atoms with E-state index in [1.54, 1.807) is 29.2 Å². The number of rotatable bonds is 6. The van der Waals surface area contributed by atoms with Crippen LogP contribution in [-0.2, 0) is 9.63 Å². The number of amides is 1. The van der Waals surface area contributed by atoms with Crippen molar-refractivity contribution in [2.75, 3.05) is 32.8 Å². The molecule has 35 heavy (non-hydrogen) atoms. The largest absolute Gasteiger partial charge is 0.573 e. The Hall–Kier alpha value is -3.11. The van der Waals surface area contributed by atoms with Crippen molar-refractivity contribution in [2.45, 2.75) is 31.9 Å². The maximum Gasteiger partial charge on any atom is 0.573 e. The average Bonchev–Trinajstić information content (AvgIpc) is 3.15. The minimum absolute atomic E-state index is 0.0991. The topological polar surface area (TPSA) is 57.3 Å². The molecule has 1 fully saturated rings. The molecule has 0 bridgehead atoms. The molecule has 0 aliphatic carbocycles. The first-order valence-electron chi connectivity index (χ1n) is 11.1. The van der Waals surface area contributed by atoms with Gasteiger partial charge in [-0.1, -0.05) is 35.9 Å². The van der Waals surface area contributed by atoms with E-state index in [0.717, 1.165) is 12.8 Å². The normalized spacial score (nSPS) is 18.5. The Labute approximate surface area is 206 Å². The van der Waals surface area contributed by atoms with E-state index in [2.05, 4.69) is 10.2 Å². The van der Waals surface area contributed by atoms with Gasteiger partial charge in [0.1, 0.15) is 11.4 Å². The second kappa shape index (κ2) is 10.2. The third-order valence-corrected chi connectivity index (χ3v) is 6.11. The first-order valence-corrected chi connectivity index (χ1v) is 11.5. The van der Waals surface area contributed by atoms with Gasteiger partial charge < -0.3 is 19.4 Å². The maximum absolute atomic E-state index is 13.1. The minimum Gasteiger partial charge on any atom is -0.405 e. The van der Waals surface area contributed by atoms with Crippen LogP contribution in [0.25, 0.3) is 11.1 Å². The molecule has 2 aromatic carbocycles. The smallest absolute Gasteiger partial charge is 0.405 e. The van der Waals surface area contributed by atoms with Gasteiger partial charge in [0.2, 0.25) is 0 Å². The standard InChI is InChI=1S/C24H26ClF3N4O3/c1-30-14-20(31(2)15-30)23(33)32-12-6-5-9-22(32)35-29-16-10-11-17(19(25)13-16)18-7-3-4-8-21(18)34-24(26,27)28/h3-4,7-8,10-11,13-14,22,29H,5-6,9,12,15H2,1-2H3. The third kappa shape index (κ3) is 5.94. The molecule has 0 spiro atoms. The monoisotopic (exact) mass is 510 g/mol. The summed E-state index contributed by atoms with van der Waals surface area (Å²) in [5.74, 6) is -0.440. The lowest BCUT2D eigenvalue weighted by atomic mass is 10.0. The van der Waals surface area contributed by atoms with Crippen LogP contribution in [-0.4, -0.2) is 60.5 Å². The minimum atomic E-state index is -4.82. The predicted molar refractivity (Wildman–Crippen MR) is 126 cm³/mol. The van der Waals surface area contributed by atoms with Gasteiger partial charge in [0.05, 0.1) is 17.4 Å². The molecule has 0 aromatic heterocycles. The highest BCUT2D eigenvalue weighted by Crippen LogP contribution is 2.38. The van der Waals surface area contributed by atoms with Crippen LogP contribution < -0.4 is 10.2 Å². The van der Waals surface area contributed by atoms with Gasteiger partial charge in [-0.2, -0.15) is 0 Å². The van der Waals surface area contributed by atoms with Crippen LogP contribution in [0.3, 0.4) is 0 Å². The molecular formula is C24H26ClF3N4O3. The Morgan fingerprint density at radius 3 is 2.57 bits per heavy atom. The SMILES string of the molecule is CN1C=C(C(=O)N2CCCCC2ONc2ccc(-c3ccccc3OC(F)(F)F)c(Cl)c2)N(C)C1. The number of alkyl halides is 3.